The van der Waals surface area contributed by atoms with Crippen molar-refractivity contribution in [3.63, 3.8) is 0 Å². The SMILES string of the molecule is CCCCC/C=C/C/C=C/C/C=C/C/C=C/CCCCCCCC(=O)OCC(COCCC(C(=O)[O-])[N+](C)(C)C)OC(=O)CCCCCCCCC/C=C/CCCCCCCCCCCC. The molecule has 0 saturated heterocycles. The summed E-state index contributed by atoms with van der Waals surface area (Å²) in [6.07, 6.45) is 61.1. The van der Waals surface area contributed by atoms with E-state index in [4.69, 9.17) is 14.2 Å². The summed E-state index contributed by atoms with van der Waals surface area (Å²) in [5.41, 5.74) is 0. The molecule has 0 N–H and O–H groups in total. The van der Waals surface area contributed by atoms with Gasteiger partial charge in [-0.2, -0.15) is 0 Å². The number of quaternary nitrogens is 1. The van der Waals surface area contributed by atoms with Crippen molar-refractivity contribution in [3.8, 4) is 0 Å². The maximum Gasteiger partial charge on any atom is 0.306 e. The molecule has 8 nitrogen and oxygen atoms in total. The highest BCUT2D eigenvalue weighted by Gasteiger charge is 2.25. The van der Waals surface area contributed by atoms with Crippen molar-refractivity contribution in [1.29, 1.82) is 0 Å². The molecule has 382 valence electrons. The molecule has 0 aliphatic rings. The molecule has 0 bridgehead atoms. The Bertz CT molecular complexity index is 1260. The van der Waals surface area contributed by atoms with Gasteiger partial charge in [-0.05, 0) is 83.5 Å². The lowest BCUT2D eigenvalue weighted by Crippen LogP contribution is -2.55. The molecule has 0 rings (SSSR count). The summed E-state index contributed by atoms with van der Waals surface area (Å²) in [5.74, 6) is -1.76. The number of carboxylic acid groups (broad SMARTS) is 1. The highest BCUT2D eigenvalue weighted by atomic mass is 16.6. The van der Waals surface area contributed by atoms with Crippen LogP contribution in [0, 0.1) is 0 Å². The van der Waals surface area contributed by atoms with Crippen molar-refractivity contribution >= 4 is 17.9 Å². The van der Waals surface area contributed by atoms with Crippen molar-refractivity contribution in [2.45, 2.75) is 251 Å². The first-order chi connectivity index (χ1) is 32.1. The highest BCUT2D eigenvalue weighted by Crippen LogP contribution is 2.15. The first-order valence-electron chi connectivity index (χ1n) is 27.3. The lowest BCUT2D eigenvalue weighted by Gasteiger charge is -2.34. The molecule has 0 radical (unpaired) electrons. The van der Waals surface area contributed by atoms with E-state index in [1.54, 1.807) is 21.1 Å². The Hall–Kier alpha value is -2.97. The predicted molar refractivity (Wildman–Crippen MR) is 277 cm³/mol. The van der Waals surface area contributed by atoms with E-state index in [9.17, 15) is 19.5 Å². The fraction of sp³-hybridized carbons (Fsp3) is 0.776. The monoisotopic (exact) mass is 926 g/mol. The van der Waals surface area contributed by atoms with Crippen LogP contribution in [-0.2, 0) is 28.6 Å². The van der Waals surface area contributed by atoms with Gasteiger partial charge in [0.15, 0.2) is 6.10 Å². The number of hydrogen-bond donors (Lipinski definition) is 0. The summed E-state index contributed by atoms with van der Waals surface area (Å²) in [6, 6.07) is -0.732. The number of carboxylic acids is 1. The van der Waals surface area contributed by atoms with Crippen LogP contribution < -0.4 is 5.11 Å². The Morgan fingerprint density at radius 2 is 0.803 bits per heavy atom. The second kappa shape index (κ2) is 48.5. The van der Waals surface area contributed by atoms with Crippen LogP contribution in [0.1, 0.15) is 239 Å². The van der Waals surface area contributed by atoms with E-state index < -0.39 is 18.1 Å². The second-order valence-corrected chi connectivity index (χ2v) is 19.5. The smallest absolute Gasteiger partial charge is 0.306 e. The Labute approximate surface area is 407 Å². The second-order valence-electron chi connectivity index (χ2n) is 19.5. The fourth-order valence-electron chi connectivity index (χ4n) is 7.87. The molecule has 0 aliphatic heterocycles. The van der Waals surface area contributed by atoms with E-state index >= 15 is 0 Å². The maximum absolute atomic E-state index is 12.8. The first-order valence-corrected chi connectivity index (χ1v) is 27.3. The number of nitrogens with zero attached hydrogens (tertiary/aromatic N) is 1. The number of carbonyl (C=O) groups excluding carboxylic acids is 3. The largest absolute Gasteiger partial charge is 0.544 e. The lowest BCUT2D eigenvalue weighted by molar-refractivity contribution is -0.889. The summed E-state index contributed by atoms with van der Waals surface area (Å²) < 4.78 is 17.3. The number of allylic oxidation sites excluding steroid dienone is 10. The molecule has 0 heterocycles. The van der Waals surface area contributed by atoms with Crippen LogP contribution in [-0.4, -0.2) is 75.5 Å². The Kier molecular flexibility index (Phi) is 46.3. The highest BCUT2D eigenvalue weighted by molar-refractivity contribution is 5.70. The summed E-state index contributed by atoms with van der Waals surface area (Å²) in [6.45, 7) is 4.63. The van der Waals surface area contributed by atoms with E-state index in [0.717, 1.165) is 77.0 Å². The average molecular weight is 926 g/mol. The molecule has 2 unspecified atom stereocenters. The molecule has 0 saturated carbocycles. The van der Waals surface area contributed by atoms with E-state index in [-0.39, 0.29) is 42.7 Å². The predicted octanol–water partition coefficient (Wildman–Crippen LogP) is 14.8. The number of ether oxygens (including phenoxy) is 3. The minimum atomic E-state index is -1.13. The van der Waals surface area contributed by atoms with Crippen LogP contribution in [0.4, 0.5) is 0 Å². The zero-order valence-corrected chi connectivity index (χ0v) is 43.6. The summed E-state index contributed by atoms with van der Waals surface area (Å²) in [4.78, 5) is 37.1. The Morgan fingerprint density at radius 3 is 1.23 bits per heavy atom. The number of aliphatic carboxylic acids is 1. The van der Waals surface area contributed by atoms with Crippen molar-refractivity contribution in [3.05, 3.63) is 60.8 Å². The molecular weight excluding hydrogens is 823 g/mol. The van der Waals surface area contributed by atoms with Crippen LogP contribution in [0.15, 0.2) is 60.8 Å². The lowest BCUT2D eigenvalue weighted by atomic mass is 10.1. The van der Waals surface area contributed by atoms with Gasteiger partial charge in [-0.3, -0.25) is 9.59 Å². The molecule has 0 spiro atoms. The van der Waals surface area contributed by atoms with Crippen molar-refractivity contribution in [2.75, 3.05) is 41.0 Å². The first kappa shape index (κ1) is 63.0. The van der Waals surface area contributed by atoms with Gasteiger partial charge in [0, 0.05) is 19.3 Å². The third-order valence-electron chi connectivity index (χ3n) is 12.1. The number of hydrogen-bond acceptors (Lipinski definition) is 7. The van der Waals surface area contributed by atoms with Crippen LogP contribution in [0.2, 0.25) is 0 Å². The molecular formula is C58H103NO7. The number of unbranched alkanes of at least 4 members (excludes halogenated alkanes) is 25. The average Bonchev–Trinajstić information content (AvgIpc) is 3.28. The van der Waals surface area contributed by atoms with Gasteiger partial charge in [0.1, 0.15) is 12.6 Å². The van der Waals surface area contributed by atoms with Crippen molar-refractivity contribution in [1.82, 2.24) is 0 Å². The van der Waals surface area contributed by atoms with E-state index in [1.165, 1.54) is 128 Å². The third-order valence-corrected chi connectivity index (χ3v) is 12.1. The van der Waals surface area contributed by atoms with Crippen LogP contribution in [0.25, 0.3) is 0 Å². The number of carbonyl (C=O) groups is 3. The van der Waals surface area contributed by atoms with Crippen molar-refractivity contribution < 1.29 is 38.2 Å². The minimum Gasteiger partial charge on any atom is -0.544 e. The molecule has 8 heteroatoms. The van der Waals surface area contributed by atoms with Gasteiger partial charge < -0.3 is 28.6 Å². The van der Waals surface area contributed by atoms with Gasteiger partial charge in [-0.25, -0.2) is 0 Å². The fourth-order valence-corrected chi connectivity index (χ4v) is 7.87. The summed E-state index contributed by atoms with van der Waals surface area (Å²) in [7, 11) is 5.41. The molecule has 0 fully saturated rings. The number of esters is 2. The normalized spacial score (nSPS) is 13.3. The molecule has 66 heavy (non-hydrogen) atoms. The topological polar surface area (TPSA) is 102 Å². The quantitative estimate of drug-likeness (QED) is 0.0259. The minimum absolute atomic E-state index is 0.0316. The van der Waals surface area contributed by atoms with Crippen LogP contribution >= 0.6 is 0 Å². The summed E-state index contributed by atoms with van der Waals surface area (Å²) >= 11 is 0. The van der Waals surface area contributed by atoms with Gasteiger partial charge in [0.2, 0.25) is 0 Å². The van der Waals surface area contributed by atoms with Crippen LogP contribution in [0.3, 0.4) is 0 Å². The molecule has 0 amide bonds. The molecule has 0 aliphatic carbocycles. The van der Waals surface area contributed by atoms with Gasteiger partial charge in [0.05, 0.1) is 40.3 Å². The zero-order valence-electron chi connectivity index (χ0n) is 43.6. The third kappa shape index (κ3) is 46.2. The molecule has 0 aromatic rings. The standard InChI is InChI=1S/C58H103NO7/c1-6-8-10-12-14-16-18-20-22-24-26-28-30-32-34-36-38-40-42-44-46-48-56(60)65-53-54(52-64-51-50-55(58(62)63)59(3,4)5)66-57(61)49-47-45-43-41-39-37-35-33-31-29-27-25-23-21-19-17-15-13-11-9-7-2/h14,16,20,22,26,28-29,31-32,34,54-55H,6-13,15,17-19,21,23-25,27,30,33,35-53H2,1-5H3/b16-14+,22-20+,28-26+,31-29+,34-32+. The Morgan fingerprint density at radius 1 is 0.455 bits per heavy atom. The van der Waals surface area contributed by atoms with Crippen LogP contribution in [0.5, 0.6) is 0 Å². The van der Waals surface area contributed by atoms with E-state index in [1.807, 2.05) is 0 Å². The molecule has 2 atom stereocenters. The number of rotatable bonds is 49. The summed E-state index contributed by atoms with van der Waals surface area (Å²) in [5, 5.41) is 11.7. The molecule has 0 aromatic carbocycles. The Balaban J connectivity index is 4.26. The van der Waals surface area contributed by atoms with Gasteiger partial charge in [0.25, 0.3) is 0 Å². The van der Waals surface area contributed by atoms with Gasteiger partial charge in [-0.15, -0.1) is 0 Å². The van der Waals surface area contributed by atoms with Gasteiger partial charge >= 0.3 is 11.9 Å². The zero-order chi connectivity index (χ0) is 48.4. The number of likely N-dealkylation sites (N-methyl/N-ethyl adjacent to an activating group) is 1. The molecule has 0 aromatic heterocycles. The van der Waals surface area contributed by atoms with E-state index in [0.29, 0.717) is 12.8 Å². The maximum atomic E-state index is 12.8. The van der Waals surface area contributed by atoms with E-state index in [2.05, 4.69) is 74.6 Å². The van der Waals surface area contributed by atoms with Gasteiger partial charge in [-0.1, -0.05) is 197 Å². The van der Waals surface area contributed by atoms with Crippen molar-refractivity contribution in [2.24, 2.45) is 0 Å².